The highest BCUT2D eigenvalue weighted by Gasteiger charge is 2.16. The highest BCUT2D eigenvalue weighted by molar-refractivity contribution is 5.96. The molecule has 0 fully saturated rings. The Bertz CT molecular complexity index is 1320. The molecule has 0 aliphatic carbocycles. The first-order valence-electron chi connectivity index (χ1n) is 11.0. The second-order valence-corrected chi connectivity index (χ2v) is 7.71. The zero-order valence-corrected chi connectivity index (χ0v) is 18.2. The number of hydrogen-bond donors (Lipinski definition) is 0. The Morgan fingerprint density at radius 1 is 0.455 bits per heavy atom. The summed E-state index contributed by atoms with van der Waals surface area (Å²) in [7, 11) is 0. The van der Waals surface area contributed by atoms with Gasteiger partial charge in [-0.05, 0) is 40.8 Å². The summed E-state index contributed by atoms with van der Waals surface area (Å²) < 4.78 is 18.9. The Morgan fingerprint density at radius 3 is 1.73 bits per heavy atom. The summed E-state index contributed by atoms with van der Waals surface area (Å²) in [5, 5.41) is 1.93. The molecule has 0 saturated carbocycles. The lowest BCUT2D eigenvalue weighted by Gasteiger charge is -2.18. The highest BCUT2D eigenvalue weighted by Crippen LogP contribution is 2.43. The number of rotatable bonds is 8. The molecule has 0 radical (unpaired) electrons. The van der Waals surface area contributed by atoms with Crippen molar-refractivity contribution in [3.05, 3.63) is 132 Å². The molecule has 0 spiro atoms. The largest absolute Gasteiger partial charge is 0.488 e. The summed E-state index contributed by atoms with van der Waals surface area (Å²) >= 11 is 0. The van der Waals surface area contributed by atoms with Gasteiger partial charge in [0, 0.05) is 0 Å². The van der Waals surface area contributed by atoms with E-state index in [1.54, 1.807) is 0 Å². The molecular formula is C30H24O3. The van der Waals surface area contributed by atoms with Crippen molar-refractivity contribution in [3.63, 3.8) is 0 Å². The van der Waals surface area contributed by atoms with Crippen LogP contribution < -0.4 is 14.2 Å². The second kappa shape index (κ2) is 9.92. The van der Waals surface area contributed by atoms with Gasteiger partial charge in [-0.2, -0.15) is 0 Å². The van der Waals surface area contributed by atoms with E-state index in [4.69, 9.17) is 14.2 Å². The quantitative estimate of drug-likeness (QED) is 0.250. The van der Waals surface area contributed by atoms with Gasteiger partial charge in [0.2, 0.25) is 0 Å². The monoisotopic (exact) mass is 432 g/mol. The standard InChI is InChI=1S/C30H24O3/c1-4-11-23(12-5-1)21-31-27-18-10-15-25-19-20-28(33-26-16-8-3-9-17-26)30(29(25)27)32-22-24-13-6-2-7-14-24/h1-20H,21-22H2. The number of hydrogen-bond acceptors (Lipinski definition) is 3. The first kappa shape index (κ1) is 20.7. The molecule has 5 aromatic carbocycles. The van der Waals surface area contributed by atoms with Crippen molar-refractivity contribution in [1.29, 1.82) is 0 Å². The van der Waals surface area contributed by atoms with Crippen molar-refractivity contribution < 1.29 is 14.2 Å². The number of ether oxygens (including phenoxy) is 3. The van der Waals surface area contributed by atoms with E-state index in [0.29, 0.717) is 24.7 Å². The molecule has 0 unspecified atom stereocenters. The lowest BCUT2D eigenvalue weighted by Crippen LogP contribution is -2.01. The van der Waals surface area contributed by atoms with Crippen LogP contribution in [-0.4, -0.2) is 0 Å². The molecule has 5 rings (SSSR count). The van der Waals surface area contributed by atoms with Gasteiger partial charge in [-0.1, -0.05) is 97.1 Å². The summed E-state index contributed by atoms with van der Waals surface area (Å²) in [6.45, 7) is 0.903. The van der Waals surface area contributed by atoms with Crippen LogP contribution in [0.3, 0.4) is 0 Å². The predicted octanol–water partition coefficient (Wildman–Crippen LogP) is 7.79. The minimum Gasteiger partial charge on any atom is -0.488 e. The summed E-state index contributed by atoms with van der Waals surface area (Å²) in [6, 6.07) is 40.1. The van der Waals surface area contributed by atoms with Crippen LogP contribution in [0, 0.1) is 0 Å². The molecule has 0 heterocycles. The van der Waals surface area contributed by atoms with E-state index in [1.807, 2.05) is 91.0 Å². The maximum atomic E-state index is 6.40. The van der Waals surface area contributed by atoms with Crippen LogP contribution in [0.5, 0.6) is 23.0 Å². The van der Waals surface area contributed by atoms with Crippen LogP contribution >= 0.6 is 0 Å². The van der Waals surface area contributed by atoms with Crippen molar-refractivity contribution in [2.75, 3.05) is 0 Å². The Hall–Kier alpha value is -4.24. The fraction of sp³-hybridized carbons (Fsp3) is 0.0667. The summed E-state index contributed by atoms with van der Waals surface area (Å²) in [5.41, 5.74) is 2.20. The van der Waals surface area contributed by atoms with Crippen LogP contribution in [0.25, 0.3) is 10.8 Å². The molecule has 0 amide bonds. The minimum absolute atomic E-state index is 0.429. The van der Waals surface area contributed by atoms with Crippen LogP contribution in [0.2, 0.25) is 0 Å². The normalized spacial score (nSPS) is 10.7. The van der Waals surface area contributed by atoms with Crippen molar-refractivity contribution in [3.8, 4) is 23.0 Å². The van der Waals surface area contributed by atoms with Gasteiger partial charge in [-0.15, -0.1) is 0 Å². The molecule has 0 N–H and O–H groups in total. The molecule has 3 heteroatoms. The van der Waals surface area contributed by atoms with Crippen LogP contribution in [-0.2, 0) is 13.2 Å². The Kier molecular flexibility index (Phi) is 6.21. The Balaban J connectivity index is 1.54. The van der Waals surface area contributed by atoms with E-state index < -0.39 is 0 Å². The van der Waals surface area contributed by atoms with Crippen molar-refractivity contribution in [1.82, 2.24) is 0 Å². The Labute approximate surface area is 193 Å². The van der Waals surface area contributed by atoms with Gasteiger partial charge in [0.1, 0.15) is 24.7 Å². The molecule has 3 nitrogen and oxygen atoms in total. The second-order valence-electron chi connectivity index (χ2n) is 7.71. The zero-order valence-electron chi connectivity index (χ0n) is 18.2. The molecule has 0 aliphatic heterocycles. The van der Waals surface area contributed by atoms with E-state index in [0.717, 1.165) is 33.4 Å². The van der Waals surface area contributed by atoms with E-state index in [9.17, 15) is 0 Å². The number of benzene rings is 5. The summed E-state index contributed by atoms with van der Waals surface area (Å²) in [4.78, 5) is 0. The number of para-hydroxylation sites is 1. The van der Waals surface area contributed by atoms with Crippen molar-refractivity contribution in [2.24, 2.45) is 0 Å². The average molecular weight is 433 g/mol. The van der Waals surface area contributed by atoms with Gasteiger partial charge in [-0.25, -0.2) is 0 Å². The molecule has 33 heavy (non-hydrogen) atoms. The van der Waals surface area contributed by atoms with Crippen molar-refractivity contribution in [2.45, 2.75) is 13.2 Å². The third kappa shape index (κ3) is 4.99. The minimum atomic E-state index is 0.429. The zero-order chi connectivity index (χ0) is 22.3. The van der Waals surface area contributed by atoms with E-state index >= 15 is 0 Å². The predicted molar refractivity (Wildman–Crippen MR) is 132 cm³/mol. The van der Waals surface area contributed by atoms with E-state index in [1.165, 1.54) is 0 Å². The third-order valence-electron chi connectivity index (χ3n) is 5.36. The lowest BCUT2D eigenvalue weighted by atomic mass is 10.1. The number of fused-ring (bicyclic) bond motifs is 1. The van der Waals surface area contributed by atoms with Gasteiger partial charge in [0.05, 0.1) is 5.39 Å². The van der Waals surface area contributed by atoms with Crippen LogP contribution in [0.1, 0.15) is 11.1 Å². The van der Waals surface area contributed by atoms with E-state index in [2.05, 4.69) is 30.3 Å². The summed E-state index contributed by atoms with van der Waals surface area (Å²) in [6.07, 6.45) is 0. The van der Waals surface area contributed by atoms with Crippen LogP contribution in [0.4, 0.5) is 0 Å². The van der Waals surface area contributed by atoms with Gasteiger partial charge < -0.3 is 14.2 Å². The topological polar surface area (TPSA) is 27.7 Å². The Morgan fingerprint density at radius 2 is 1.06 bits per heavy atom. The van der Waals surface area contributed by atoms with Gasteiger partial charge in [0.25, 0.3) is 0 Å². The molecular weight excluding hydrogens is 408 g/mol. The van der Waals surface area contributed by atoms with Gasteiger partial charge in [0.15, 0.2) is 11.5 Å². The van der Waals surface area contributed by atoms with Crippen molar-refractivity contribution >= 4 is 10.8 Å². The van der Waals surface area contributed by atoms with Gasteiger partial charge in [-0.3, -0.25) is 0 Å². The smallest absolute Gasteiger partial charge is 0.173 e. The summed E-state index contributed by atoms with van der Waals surface area (Å²) in [5.74, 6) is 2.84. The first-order chi connectivity index (χ1) is 16.4. The fourth-order valence-corrected chi connectivity index (χ4v) is 3.72. The molecule has 5 aromatic rings. The average Bonchev–Trinajstić information content (AvgIpc) is 2.88. The fourth-order valence-electron chi connectivity index (χ4n) is 3.72. The van der Waals surface area contributed by atoms with Crippen LogP contribution in [0.15, 0.2) is 121 Å². The highest BCUT2D eigenvalue weighted by atomic mass is 16.5. The maximum absolute atomic E-state index is 6.40. The molecule has 0 aliphatic rings. The maximum Gasteiger partial charge on any atom is 0.173 e. The molecule has 162 valence electrons. The first-order valence-corrected chi connectivity index (χ1v) is 11.0. The lowest BCUT2D eigenvalue weighted by molar-refractivity contribution is 0.289. The molecule has 0 aromatic heterocycles. The third-order valence-corrected chi connectivity index (χ3v) is 5.36. The molecule has 0 bridgehead atoms. The SMILES string of the molecule is c1ccc(COc2cccc3ccc(Oc4ccccc4)c(OCc4ccccc4)c23)cc1. The van der Waals surface area contributed by atoms with Gasteiger partial charge >= 0.3 is 0 Å². The molecule has 0 atom stereocenters. The van der Waals surface area contributed by atoms with E-state index in [-0.39, 0.29) is 0 Å². The molecule has 0 saturated heterocycles.